The van der Waals surface area contributed by atoms with Gasteiger partial charge in [-0.1, -0.05) is 66.7 Å². The van der Waals surface area contributed by atoms with Crippen LogP contribution in [0.25, 0.3) is 16.9 Å². The van der Waals surface area contributed by atoms with Crippen molar-refractivity contribution in [2.24, 2.45) is 0 Å². The Morgan fingerprint density at radius 1 is 0.857 bits per heavy atom. The molecule has 0 saturated carbocycles. The predicted molar refractivity (Wildman–Crippen MR) is 115 cm³/mol. The number of aryl methyl sites for hydroxylation is 2. The Morgan fingerprint density at radius 2 is 1.54 bits per heavy atom. The van der Waals surface area contributed by atoms with E-state index in [1.165, 1.54) is 5.56 Å². The van der Waals surface area contributed by atoms with Crippen LogP contribution < -0.4 is 11.0 Å². The first kappa shape index (κ1) is 17.9. The Balaban J connectivity index is 1.83. The number of rotatable bonds is 5. The number of nitrogens with zero attached hydrogens (tertiary/aromatic N) is 1. The Labute approximate surface area is 164 Å². The number of H-pyrrole nitrogens is 1. The molecule has 0 aliphatic carbocycles. The maximum atomic E-state index is 12.9. The number of aromatic amines is 1. The summed E-state index contributed by atoms with van der Waals surface area (Å²) in [5, 5.41) is 3.41. The van der Waals surface area contributed by atoms with Gasteiger partial charge >= 0.3 is 5.69 Å². The molecule has 4 nitrogen and oxygen atoms in total. The molecule has 4 heteroatoms. The first-order valence-corrected chi connectivity index (χ1v) is 9.39. The van der Waals surface area contributed by atoms with E-state index in [2.05, 4.69) is 48.4 Å². The first-order valence-electron chi connectivity index (χ1n) is 9.39. The zero-order valence-electron chi connectivity index (χ0n) is 16.1. The fourth-order valence-electron chi connectivity index (χ4n) is 3.33. The molecule has 0 bridgehead atoms. The van der Waals surface area contributed by atoms with Crippen LogP contribution in [0.2, 0.25) is 0 Å². The van der Waals surface area contributed by atoms with Crippen LogP contribution in [0.5, 0.6) is 0 Å². The monoisotopic (exact) mass is 369 g/mol. The average molecular weight is 369 g/mol. The van der Waals surface area contributed by atoms with E-state index in [0.717, 1.165) is 33.9 Å². The summed E-state index contributed by atoms with van der Waals surface area (Å²) in [5.74, 6) is 0.721. The van der Waals surface area contributed by atoms with E-state index in [9.17, 15) is 4.79 Å². The lowest BCUT2D eigenvalue weighted by atomic mass is 10.1. The quantitative estimate of drug-likeness (QED) is 0.516. The highest BCUT2D eigenvalue weighted by Gasteiger charge is 2.17. The van der Waals surface area contributed by atoms with Gasteiger partial charge in [0, 0.05) is 12.1 Å². The van der Waals surface area contributed by atoms with E-state index in [1.807, 2.05) is 54.6 Å². The number of anilines is 1. The maximum Gasteiger partial charge on any atom is 0.332 e. The van der Waals surface area contributed by atoms with Crippen molar-refractivity contribution in [3.05, 3.63) is 106 Å². The molecule has 0 amide bonds. The molecule has 140 valence electrons. The van der Waals surface area contributed by atoms with E-state index in [-0.39, 0.29) is 5.69 Å². The van der Waals surface area contributed by atoms with Crippen LogP contribution in [0, 0.1) is 13.8 Å². The lowest BCUT2D eigenvalue weighted by molar-refractivity contribution is 0.988. The average Bonchev–Trinajstić information content (AvgIpc) is 3.06. The summed E-state index contributed by atoms with van der Waals surface area (Å²) in [6.45, 7) is 4.77. The van der Waals surface area contributed by atoms with Crippen molar-refractivity contribution in [1.82, 2.24) is 9.55 Å². The van der Waals surface area contributed by atoms with Gasteiger partial charge in [-0.2, -0.15) is 0 Å². The molecule has 0 atom stereocenters. The van der Waals surface area contributed by atoms with Crippen LogP contribution in [0.4, 0.5) is 5.82 Å². The van der Waals surface area contributed by atoms with E-state index >= 15 is 0 Å². The summed E-state index contributed by atoms with van der Waals surface area (Å²) >= 11 is 0. The van der Waals surface area contributed by atoms with Gasteiger partial charge in [0.1, 0.15) is 5.82 Å². The van der Waals surface area contributed by atoms with E-state index in [4.69, 9.17) is 0 Å². The Morgan fingerprint density at radius 3 is 2.21 bits per heavy atom. The molecule has 2 N–H and O–H groups in total. The Kier molecular flexibility index (Phi) is 4.85. The molecular weight excluding hydrogens is 346 g/mol. The lowest BCUT2D eigenvalue weighted by Gasteiger charge is -2.12. The van der Waals surface area contributed by atoms with Gasteiger partial charge in [-0.3, -0.25) is 9.55 Å². The molecule has 0 aliphatic rings. The molecule has 0 aliphatic heterocycles. The number of hydrogen-bond donors (Lipinski definition) is 2. The smallest absolute Gasteiger partial charge is 0.332 e. The largest absolute Gasteiger partial charge is 0.366 e. The topological polar surface area (TPSA) is 49.8 Å². The highest BCUT2D eigenvalue weighted by molar-refractivity contribution is 5.74. The van der Waals surface area contributed by atoms with Gasteiger partial charge in [-0.15, -0.1) is 0 Å². The van der Waals surface area contributed by atoms with Gasteiger partial charge < -0.3 is 5.32 Å². The fourth-order valence-corrected chi connectivity index (χ4v) is 3.33. The third-order valence-electron chi connectivity index (χ3n) is 5.00. The zero-order valence-corrected chi connectivity index (χ0v) is 16.1. The second-order valence-electron chi connectivity index (χ2n) is 6.96. The van der Waals surface area contributed by atoms with Crippen LogP contribution >= 0.6 is 0 Å². The molecule has 0 radical (unpaired) electrons. The van der Waals surface area contributed by atoms with Gasteiger partial charge in [0.15, 0.2) is 0 Å². The van der Waals surface area contributed by atoms with Crippen LogP contribution in [0.3, 0.4) is 0 Å². The highest BCUT2D eigenvalue weighted by atomic mass is 16.1. The number of benzene rings is 3. The molecular formula is C24H23N3O. The summed E-state index contributed by atoms with van der Waals surface area (Å²) in [6.07, 6.45) is 0. The zero-order chi connectivity index (χ0) is 19.5. The summed E-state index contributed by atoms with van der Waals surface area (Å²) in [7, 11) is 0. The second-order valence-corrected chi connectivity index (χ2v) is 6.96. The van der Waals surface area contributed by atoms with Crippen LogP contribution in [0.15, 0.2) is 83.7 Å². The number of imidazole rings is 1. The predicted octanol–water partition coefficient (Wildman–Crippen LogP) is 5.06. The van der Waals surface area contributed by atoms with Crippen molar-refractivity contribution in [2.45, 2.75) is 20.4 Å². The van der Waals surface area contributed by atoms with Gasteiger partial charge in [-0.05, 0) is 42.7 Å². The van der Waals surface area contributed by atoms with Gasteiger partial charge in [0.25, 0.3) is 0 Å². The number of hydrogen-bond acceptors (Lipinski definition) is 2. The van der Waals surface area contributed by atoms with Crippen molar-refractivity contribution in [2.75, 3.05) is 5.32 Å². The Bertz CT molecular complexity index is 1140. The van der Waals surface area contributed by atoms with Gasteiger partial charge in [0.2, 0.25) is 0 Å². The fraction of sp³-hybridized carbons (Fsp3) is 0.125. The van der Waals surface area contributed by atoms with Crippen molar-refractivity contribution in [1.29, 1.82) is 0 Å². The van der Waals surface area contributed by atoms with Gasteiger partial charge in [-0.25, -0.2) is 4.79 Å². The van der Waals surface area contributed by atoms with Crippen LogP contribution in [-0.2, 0) is 6.54 Å². The minimum atomic E-state index is -0.155. The minimum absolute atomic E-state index is 0.155. The maximum absolute atomic E-state index is 12.9. The first-order chi connectivity index (χ1) is 13.6. The molecule has 0 saturated heterocycles. The summed E-state index contributed by atoms with van der Waals surface area (Å²) in [6, 6.07) is 26.2. The summed E-state index contributed by atoms with van der Waals surface area (Å²) < 4.78 is 1.75. The molecule has 3 aromatic carbocycles. The molecule has 0 fully saturated rings. The molecule has 4 rings (SSSR count). The summed E-state index contributed by atoms with van der Waals surface area (Å²) in [4.78, 5) is 15.9. The van der Waals surface area contributed by atoms with Crippen molar-refractivity contribution >= 4 is 5.82 Å². The lowest BCUT2D eigenvalue weighted by Crippen LogP contribution is -2.15. The summed E-state index contributed by atoms with van der Waals surface area (Å²) in [5.41, 5.74) is 6.04. The molecule has 1 aromatic heterocycles. The van der Waals surface area contributed by atoms with Crippen molar-refractivity contribution < 1.29 is 0 Å². The van der Waals surface area contributed by atoms with Crippen LogP contribution in [-0.4, -0.2) is 9.55 Å². The number of aromatic nitrogens is 2. The van der Waals surface area contributed by atoms with Crippen molar-refractivity contribution in [3.8, 4) is 16.9 Å². The third kappa shape index (κ3) is 3.49. The molecule has 28 heavy (non-hydrogen) atoms. The second kappa shape index (κ2) is 7.61. The van der Waals surface area contributed by atoms with Gasteiger partial charge in [0.05, 0.1) is 11.4 Å². The van der Waals surface area contributed by atoms with E-state index in [1.54, 1.807) is 4.57 Å². The minimum Gasteiger partial charge on any atom is -0.366 e. The third-order valence-corrected chi connectivity index (χ3v) is 5.00. The molecule has 1 heterocycles. The van der Waals surface area contributed by atoms with E-state index in [0.29, 0.717) is 6.54 Å². The molecule has 0 spiro atoms. The molecule has 0 unspecified atom stereocenters. The highest BCUT2D eigenvalue weighted by Crippen LogP contribution is 2.29. The van der Waals surface area contributed by atoms with Crippen molar-refractivity contribution in [3.63, 3.8) is 0 Å². The SMILES string of the molecule is Cc1ccc(-n2c(-c3ccccc3)c(NCc3ccccc3)[nH]c2=O)cc1C. The van der Waals surface area contributed by atoms with Crippen LogP contribution in [0.1, 0.15) is 16.7 Å². The van der Waals surface area contributed by atoms with E-state index < -0.39 is 0 Å². The molecule has 4 aromatic rings. The normalized spacial score (nSPS) is 10.8. The Hall–Kier alpha value is -3.53. The number of nitrogens with one attached hydrogen (secondary N) is 2. The standard InChI is InChI=1S/C24H23N3O/c1-17-13-14-21(15-18(17)2)27-22(20-11-7-4-8-12-20)23(26-24(27)28)25-16-19-9-5-3-6-10-19/h3-15,25H,16H2,1-2H3,(H,26,28).